The second-order valence-electron chi connectivity index (χ2n) is 6.09. The van der Waals surface area contributed by atoms with Crippen molar-refractivity contribution >= 4 is 5.91 Å². The molecule has 0 aromatic heterocycles. The molecule has 0 spiro atoms. The predicted octanol–water partition coefficient (Wildman–Crippen LogP) is 1.65. The van der Waals surface area contributed by atoms with Crippen molar-refractivity contribution in [1.29, 1.82) is 0 Å². The molecule has 4 unspecified atom stereocenters. The van der Waals surface area contributed by atoms with Crippen molar-refractivity contribution in [3.63, 3.8) is 0 Å². The van der Waals surface area contributed by atoms with E-state index in [0.29, 0.717) is 25.2 Å². The number of carbonyl (C=O) groups excluding carboxylic acids is 1. The Morgan fingerprint density at radius 1 is 1.32 bits per heavy atom. The summed E-state index contributed by atoms with van der Waals surface area (Å²) >= 11 is 0. The Balaban J connectivity index is 1.97. The van der Waals surface area contributed by atoms with Gasteiger partial charge in [-0.15, -0.1) is 0 Å². The van der Waals surface area contributed by atoms with Gasteiger partial charge in [-0.2, -0.15) is 0 Å². The molecule has 4 atom stereocenters. The Morgan fingerprint density at radius 3 is 2.74 bits per heavy atom. The minimum absolute atomic E-state index is 0.000855. The minimum Gasteiger partial charge on any atom is -0.379 e. The number of nitrogens with one attached hydrogen (secondary N) is 1. The molecule has 0 aromatic carbocycles. The van der Waals surface area contributed by atoms with Crippen molar-refractivity contribution in [2.45, 2.75) is 51.6 Å². The summed E-state index contributed by atoms with van der Waals surface area (Å²) in [6.07, 6.45) is 4.97. The number of amides is 1. The molecule has 1 saturated heterocycles. The molecule has 4 heteroatoms. The van der Waals surface area contributed by atoms with Crippen molar-refractivity contribution in [2.75, 3.05) is 26.8 Å². The van der Waals surface area contributed by atoms with Gasteiger partial charge >= 0.3 is 0 Å². The summed E-state index contributed by atoms with van der Waals surface area (Å²) in [4.78, 5) is 14.7. The van der Waals surface area contributed by atoms with Gasteiger partial charge in [0, 0.05) is 19.1 Å². The average Bonchev–Trinajstić information content (AvgIpc) is 2.86. The van der Waals surface area contributed by atoms with E-state index in [1.807, 2.05) is 11.9 Å². The molecular formula is C15H28N2O2. The highest BCUT2D eigenvalue weighted by Gasteiger charge is 2.38. The molecule has 110 valence electrons. The fraction of sp³-hybridized carbons (Fsp3) is 0.933. The van der Waals surface area contributed by atoms with Gasteiger partial charge in [-0.1, -0.05) is 26.7 Å². The summed E-state index contributed by atoms with van der Waals surface area (Å²) in [7, 11) is 1.98. The zero-order valence-electron chi connectivity index (χ0n) is 12.5. The molecule has 0 radical (unpaired) electrons. The summed E-state index contributed by atoms with van der Waals surface area (Å²) in [6.45, 7) is 6.48. The summed E-state index contributed by atoms with van der Waals surface area (Å²) in [5.41, 5.74) is 0. The average molecular weight is 268 g/mol. The fourth-order valence-corrected chi connectivity index (χ4v) is 3.56. The zero-order chi connectivity index (χ0) is 13.8. The molecule has 0 bridgehead atoms. The quantitative estimate of drug-likeness (QED) is 0.843. The maximum absolute atomic E-state index is 12.7. The van der Waals surface area contributed by atoms with Gasteiger partial charge in [-0.25, -0.2) is 0 Å². The Bertz CT molecular complexity index is 309. The number of ether oxygens (including phenoxy) is 1. The van der Waals surface area contributed by atoms with E-state index < -0.39 is 0 Å². The van der Waals surface area contributed by atoms with Gasteiger partial charge in [0.05, 0.1) is 19.1 Å². The van der Waals surface area contributed by atoms with Crippen molar-refractivity contribution in [3.8, 4) is 0 Å². The number of carbonyl (C=O) groups is 1. The molecule has 4 nitrogen and oxygen atoms in total. The van der Waals surface area contributed by atoms with Crippen LogP contribution in [0.4, 0.5) is 0 Å². The van der Waals surface area contributed by atoms with Crippen LogP contribution in [0.5, 0.6) is 0 Å². The first-order valence-electron chi connectivity index (χ1n) is 7.73. The van der Waals surface area contributed by atoms with Gasteiger partial charge in [0.25, 0.3) is 0 Å². The van der Waals surface area contributed by atoms with Crippen LogP contribution in [0.2, 0.25) is 0 Å². The molecule has 1 amide bonds. The molecule has 2 aliphatic rings. The molecule has 0 aromatic rings. The van der Waals surface area contributed by atoms with Crippen LogP contribution < -0.4 is 5.32 Å². The lowest BCUT2D eigenvalue weighted by Crippen LogP contribution is -2.49. The number of hydrogen-bond donors (Lipinski definition) is 1. The van der Waals surface area contributed by atoms with Crippen molar-refractivity contribution in [1.82, 2.24) is 10.2 Å². The number of nitrogens with zero attached hydrogens (tertiary/aromatic N) is 1. The van der Waals surface area contributed by atoms with E-state index in [1.54, 1.807) is 0 Å². The zero-order valence-corrected chi connectivity index (χ0v) is 12.5. The summed E-state index contributed by atoms with van der Waals surface area (Å²) in [5.74, 6) is 0.892. The first kappa shape index (κ1) is 14.8. The number of likely N-dealkylation sites (N-methyl/N-ethyl adjacent to an activating group) is 1. The molecule has 2 rings (SSSR count). The number of hydrogen-bond acceptors (Lipinski definition) is 3. The molecular weight excluding hydrogens is 240 g/mol. The third-order valence-electron chi connectivity index (χ3n) is 4.78. The van der Waals surface area contributed by atoms with Gasteiger partial charge in [0.15, 0.2) is 0 Å². The standard InChI is InChI=1S/C15H28N2O2/c1-4-16-13-10-19-9-12(13)15(18)17(3)14-8-6-5-7-11(14)2/h11-14,16H,4-10H2,1-3H3. The third-order valence-corrected chi connectivity index (χ3v) is 4.78. The van der Waals surface area contributed by atoms with Gasteiger partial charge in [-0.05, 0) is 25.3 Å². The number of rotatable bonds is 4. The van der Waals surface area contributed by atoms with Crippen LogP contribution >= 0.6 is 0 Å². The van der Waals surface area contributed by atoms with E-state index in [4.69, 9.17) is 4.74 Å². The summed E-state index contributed by atoms with van der Waals surface area (Å²) in [6, 6.07) is 0.614. The molecule has 19 heavy (non-hydrogen) atoms. The molecule has 1 N–H and O–H groups in total. The summed E-state index contributed by atoms with van der Waals surface area (Å²) < 4.78 is 5.50. The van der Waals surface area contributed by atoms with Crippen LogP contribution in [0.25, 0.3) is 0 Å². The minimum atomic E-state index is -0.000855. The smallest absolute Gasteiger partial charge is 0.229 e. The van der Waals surface area contributed by atoms with Gasteiger partial charge < -0.3 is 15.0 Å². The highest BCUT2D eigenvalue weighted by Crippen LogP contribution is 2.29. The maximum atomic E-state index is 12.7. The highest BCUT2D eigenvalue weighted by molar-refractivity contribution is 5.80. The molecule has 1 aliphatic carbocycles. The monoisotopic (exact) mass is 268 g/mol. The SMILES string of the molecule is CCNC1COCC1C(=O)N(C)C1CCCCC1C. The van der Waals surface area contributed by atoms with Crippen molar-refractivity contribution in [2.24, 2.45) is 11.8 Å². The van der Waals surface area contributed by atoms with Crippen LogP contribution in [0.3, 0.4) is 0 Å². The van der Waals surface area contributed by atoms with Gasteiger partial charge in [0.2, 0.25) is 5.91 Å². The highest BCUT2D eigenvalue weighted by atomic mass is 16.5. The molecule has 1 heterocycles. The van der Waals surface area contributed by atoms with E-state index in [1.165, 1.54) is 19.3 Å². The van der Waals surface area contributed by atoms with Gasteiger partial charge in [-0.3, -0.25) is 4.79 Å². The fourth-order valence-electron chi connectivity index (χ4n) is 3.56. The Hall–Kier alpha value is -0.610. The molecule has 1 saturated carbocycles. The van der Waals surface area contributed by atoms with Crippen LogP contribution in [0.1, 0.15) is 39.5 Å². The van der Waals surface area contributed by atoms with Crippen LogP contribution in [-0.2, 0) is 9.53 Å². The molecule has 2 fully saturated rings. The lowest BCUT2D eigenvalue weighted by molar-refractivity contribution is -0.138. The van der Waals surface area contributed by atoms with Crippen LogP contribution in [-0.4, -0.2) is 49.7 Å². The summed E-state index contributed by atoms with van der Waals surface area (Å²) in [5, 5.41) is 3.37. The van der Waals surface area contributed by atoms with Crippen molar-refractivity contribution in [3.05, 3.63) is 0 Å². The van der Waals surface area contributed by atoms with Crippen LogP contribution in [0.15, 0.2) is 0 Å². The van der Waals surface area contributed by atoms with Gasteiger partial charge in [0.1, 0.15) is 0 Å². The maximum Gasteiger partial charge on any atom is 0.229 e. The Kier molecular flexibility index (Phi) is 5.22. The van der Waals surface area contributed by atoms with E-state index in [-0.39, 0.29) is 17.9 Å². The lowest BCUT2D eigenvalue weighted by atomic mass is 9.84. The van der Waals surface area contributed by atoms with Crippen LogP contribution in [0, 0.1) is 11.8 Å². The third kappa shape index (κ3) is 3.29. The second-order valence-corrected chi connectivity index (χ2v) is 6.09. The van der Waals surface area contributed by atoms with E-state index in [0.717, 1.165) is 13.0 Å². The van der Waals surface area contributed by atoms with E-state index in [9.17, 15) is 4.79 Å². The molecule has 1 aliphatic heterocycles. The van der Waals surface area contributed by atoms with E-state index >= 15 is 0 Å². The topological polar surface area (TPSA) is 41.6 Å². The predicted molar refractivity (Wildman–Crippen MR) is 76.0 cm³/mol. The largest absolute Gasteiger partial charge is 0.379 e. The Morgan fingerprint density at radius 2 is 2.05 bits per heavy atom. The Labute approximate surface area is 116 Å². The normalized spacial score (nSPS) is 35.3. The first-order chi connectivity index (χ1) is 9.15. The van der Waals surface area contributed by atoms with Crippen molar-refractivity contribution < 1.29 is 9.53 Å². The van der Waals surface area contributed by atoms with E-state index in [2.05, 4.69) is 19.2 Å². The lowest BCUT2D eigenvalue weighted by Gasteiger charge is -2.38. The first-order valence-corrected chi connectivity index (χ1v) is 7.73. The second kappa shape index (κ2) is 6.71.